The summed E-state index contributed by atoms with van der Waals surface area (Å²) in [5.74, 6) is 0. The molecule has 0 atom stereocenters. The molecule has 0 aromatic rings. The standard InChI is InChI=1S/4Fe.4H2O4S/c;;;;4*1-5(2,3)4/h;;;;4*(H2,1,2,3,4)/q4*+2;;;;/p-8. The largest absolute Gasteiger partial charge is 2.00 e. The first-order valence-electron chi connectivity index (χ1n) is 2.67. The van der Waals surface area contributed by atoms with E-state index < -0.39 is 41.6 Å². The van der Waals surface area contributed by atoms with Crippen LogP contribution in [0.3, 0.4) is 0 Å². The van der Waals surface area contributed by atoms with E-state index >= 15 is 0 Å². The van der Waals surface area contributed by atoms with Gasteiger partial charge < -0.3 is 36.4 Å². The Labute approximate surface area is 178 Å². The van der Waals surface area contributed by atoms with Gasteiger partial charge in [-0.25, -0.2) is 0 Å². The molecule has 0 fully saturated rings. The van der Waals surface area contributed by atoms with E-state index in [4.69, 9.17) is 70.1 Å². The van der Waals surface area contributed by atoms with E-state index in [1.807, 2.05) is 0 Å². The Hall–Kier alpha value is 1.56. The van der Waals surface area contributed by atoms with Crippen LogP contribution in [0.2, 0.25) is 0 Å². The van der Waals surface area contributed by atoms with Gasteiger partial charge in [0.25, 0.3) is 0 Å². The van der Waals surface area contributed by atoms with Gasteiger partial charge in [0.2, 0.25) is 0 Å². The Kier molecular flexibility index (Phi) is 43.5. The van der Waals surface area contributed by atoms with Crippen molar-refractivity contribution in [1.82, 2.24) is 0 Å². The third-order valence-corrected chi connectivity index (χ3v) is 0. The van der Waals surface area contributed by atoms with Crippen LogP contribution in [0.1, 0.15) is 0 Å². The average molecular weight is 608 g/mol. The molecule has 0 saturated carbocycles. The molecule has 0 spiro atoms. The fourth-order valence-electron chi connectivity index (χ4n) is 0. The van der Waals surface area contributed by atoms with Crippen LogP contribution in [0.5, 0.6) is 0 Å². The predicted octanol–water partition coefficient (Wildman–Crippen LogP) is -5.36. The first-order chi connectivity index (χ1) is 8.00. The molecule has 152 valence electrons. The Morgan fingerprint density at radius 2 is 0.292 bits per heavy atom. The number of hydrogen-bond acceptors (Lipinski definition) is 16. The fourth-order valence-corrected chi connectivity index (χ4v) is 0. The van der Waals surface area contributed by atoms with Crippen LogP contribution in [-0.2, 0) is 110 Å². The molecule has 0 amide bonds. The second-order valence-electron chi connectivity index (χ2n) is 1.63. The monoisotopic (exact) mass is 608 g/mol. The van der Waals surface area contributed by atoms with Gasteiger partial charge in [-0.3, -0.25) is 33.7 Å². The van der Waals surface area contributed by atoms with Crippen molar-refractivity contribution in [3.63, 3.8) is 0 Å². The predicted molar refractivity (Wildman–Crippen MR) is 41.9 cm³/mol. The van der Waals surface area contributed by atoms with Gasteiger partial charge in [0, 0.05) is 41.6 Å². The van der Waals surface area contributed by atoms with Crippen molar-refractivity contribution in [2.24, 2.45) is 0 Å². The molecule has 0 heterocycles. The molecule has 0 saturated heterocycles. The quantitative estimate of drug-likeness (QED) is 0.141. The van der Waals surface area contributed by atoms with Gasteiger partial charge in [0.15, 0.2) is 0 Å². The van der Waals surface area contributed by atoms with E-state index in [1.54, 1.807) is 0 Å². The van der Waals surface area contributed by atoms with Crippen molar-refractivity contribution in [3.8, 4) is 0 Å². The Morgan fingerprint density at radius 3 is 0.292 bits per heavy atom. The van der Waals surface area contributed by atoms with E-state index in [1.165, 1.54) is 0 Å². The SMILES string of the molecule is O=S(=O)([O-])[O-].O=S(=O)([O-])[O-].O=S(=O)([O-])[O-].O=S(=O)([O-])[O-].[Fe+2].[Fe+2].[Fe+2].[Fe+2]. The third kappa shape index (κ3) is 4940. The first-order valence-corrected chi connectivity index (χ1v) is 8.00. The van der Waals surface area contributed by atoms with Crippen LogP contribution >= 0.6 is 0 Å². The molecule has 0 radical (unpaired) electrons. The maximum absolute atomic E-state index is 8.52. The molecule has 0 aliphatic carbocycles. The number of rotatable bonds is 0. The van der Waals surface area contributed by atoms with Gasteiger partial charge in [-0.2, -0.15) is 0 Å². The van der Waals surface area contributed by atoms with E-state index in [0.29, 0.717) is 0 Å². The van der Waals surface area contributed by atoms with Crippen molar-refractivity contribution in [3.05, 3.63) is 0 Å². The smallest absolute Gasteiger partial charge is 0.759 e. The molecule has 0 rings (SSSR count). The summed E-state index contributed by atoms with van der Waals surface area (Å²) >= 11 is 0. The molecular weight excluding hydrogens is 608 g/mol. The van der Waals surface area contributed by atoms with E-state index in [2.05, 4.69) is 0 Å². The van der Waals surface area contributed by atoms with Gasteiger partial charge >= 0.3 is 68.3 Å². The summed E-state index contributed by atoms with van der Waals surface area (Å²) in [6.07, 6.45) is 0. The number of hydrogen-bond donors (Lipinski definition) is 0. The summed E-state index contributed by atoms with van der Waals surface area (Å²) in [4.78, 5) is 0. The minimum absolute atomic E-state index is 0. The van der Waals surface area contributed by atoms with E-state index in [9.17, 15) is 0 Å². The molecule has 24 heavy (non-hydrogen) atoms. The second kappa shape index (κ2) is 20.9. The summed E-state index contributed by atoms with van der Waals surface area (Å²) in [6.45, 7) is 0. The minimum Gasteiger partial charge on any atom is -0.759 e. The normalized spacial score (nSPS) is 9.67. The van der Waals surface area contributed by atoms with E-state index in [0.717, 1.165) is 0 Å². The molecule has 0 aromatic carbocycles. The van der Waals surface area contributed by atoms with Gasteiger partial charge in [-0.05, 0) is 0 Å². The maximum Gasteiger partial charge on any atom is 2.00 e. The van der Waals surface area contributed by atoms with Crippen LogP contribution in [-0.4, -0.2) is 70.1 Å². The Bertz CT molecular complexity index is 483. The van der Waals surface area contributed by atoms with Gasteiger partial charge in [0.05, 0.1) is 0 Å². The van der Waals surface area contributed by atoms with Crippen molar-refractivity contribution in [1.29, 1.82) is 0 Å². The summed E-state index contributed by atoms with van der Waals surface area (Å²) < 4.78 is 136. The van der Waals surface area contributed by atoms with Gasteiger partial charge in [-0.15, -0.1) is 0 Å². The molecule has 0 bridgehead atoms. The van der Waals surface area contributed by atoms with Crippen LogP contribution in [0.25, 0.3) is 0 Å². The molecule has 0 unspecified atom stereocenters. The first kappa shape index (κ1) is 50.0. The Balaban J connectivity index is -0.0000000225. The van der Waals surface area contributed by atoms with E-state index in [-0.39, 0.29) is 68.3 Å². The average Bonchev–Trinajstić information content (AvgIpc) is 1.62. The summed E-state index contributed by atoms with van der Waals surface area (Å²) in [7, 11) is -20.7. The van der Waals surface area contributed by atoms with Crippen molar-refractivity contribution in [2.75, 3.05) is 0 Å². The van der Waals surface area contributed by atoms with Crippen molar-refractivity contribution in [2.45, 2.75) is 0 Å². The summed E-state index contributed by atoms with van der Waals surface area (Å²) in [5.41, 5.74) is 0. The third-order valence-electron chi connectivity index (χ3n) is 0. The molecule has 0 aromatic heterocycles. The van der Waals surface area contributed by atoms with Crippen molar-refractivity contribution < 1.29 is 138 Å². The maximum atomic E-state index is 8.52. The molecule has 0 N–H and O–H groups in total. The van der Waals surface area contributed by atoms with Crippen LogP contribution in [0.15, 0.2) is 0 Å². The van der Waals surface area contributed by atoms with Crippen LogP contribution in [0.4, 0.5) is 0 Å². The Morgan fingerprint density at radius 1 is 0.292 bits per heavy atom. The van der Waals surface area contributed by atoms with Gasteiger partial charge in [-0.1, -0.05) is 0 Å². The van der Waals surface area contributed by atoms with Crippen LogP contribution < -0.4 is 0 Å². The summed E-state index contributed by atoms with van der Waals surface area (Å²) in [5, 5.41) is 0. The zero-order chi connectivity index (χ0) is 18.0. The molecule has 16 nitrogen and oxygen atoms in total. The fraction of sp³-hybridized carbons (Fsp3) is 0. The molecule has 0 aliphatic heterocycles. The zero-order valence-electron chi connectivity index (χ0n) is 9.58. The minimum atomic E-state index is -5.17. The molecular formula is Fe4O16S4. The van der Waals surface area contributed by atoms with Crippen molar-refractivity contribution >= 4 is 41.6 Å². The molecule has 24 heteroatoms. The topological polar surface area (TPSA) is 321 Å². The zero-order valence-corrected chi connectivity index (χ0v) is 17.3. The second-order valence-corrected chi connectivity index (χ2v) is 4.90. The molecule has 0 aliphatic rings. The van der Waals surface area contributed by atoms with Crippen LogP contribution in [0, 0.1) is 0 Å². The summed E-state index contributed by atoms with van der Waals surface area (Å²) in [6, 6.07) is 0. The van der Waals surface area contributed by atoms with Gasteiger partial charge in [0.1, 0.15) is 0 Å².